The number of rotatable bonds is 1. The molecular formula is C14H19NO. The number of carbonyl (C=O) groups is 1. The molecule has 8 atom stereocenters. The van der Waals surface area contributed by atoms with Gasteiger partial charge in [-0.3, -0.25) is 4.79 Å². The van der Waals surface area contributed by atoms with E-state index in [1.807, 2.05) is 0 Å². The largest absolute Gasteiger partial charge is 0.369 e. The van der Waals surface area contributed by atoms with Crippen molar-refractivity contribution < 1.29 is 4.79 Å². The maximum Gasteiger partial charge on any atom is 0.221 e. The van der Waals surface area contributed by atoms with Gasteiger partial charge < -0.3 is 5.73 Å². The van der Waals surface area contributed by atoms with Crippen LogP contribution in [0.3, 0.4) is 0 Å². The normalized spacial score (nSPS) is 60.6. The van der Waals surface area contributed by atoms with Crippen LogP contribution in [-0.4, -0.2) is 5.91 Å². The van der Waals surface area contributed by atoms with Gasteiger partial charge in [-0.05, 0) is 54.3 Å². The standard InChI is InChI=1S/C14H19NO/c1-6-9-5-10(11(6)14(15)16)13-8-3-2-7(4-8)12(9)13/h2-3,6-13H,4-5H2,1H3,(H2,15,16). The fourth-order valence-electron chi connectivity index (χ4n) is 5.81. The second kappa shape index (κ2) is 2.72. The summed E-state index contributed by atoms with van der Waals surface area (Å²) in [7, 11) is 0. The van der Waals surface area contributed by atoms with Crippen molar-refractivity contribution in [3.05, 3.63) is 12.2 Å². The predicted octanol–water partition coefficient (Wildman–Crippen LogP) is 1.81. The molecule has 4 bridgehead atoms. The molecule has 0 heterocycles. The van der Waals surface area contributed by atoms with Crippen molar-refractivity contribution in [2.24, 2.45) is 53.1 Å². The quantitative estimate of drug-likeness (QED) is 0.528. The second-order valence-corrected chi connectivity index (χ2v) is 6.45. The molecule has 0 aliphatic heterocycles. The fourth-order valence-corrected chi connectivity index (χ4v) is 5.81. The Hall–Kier alpha value is -0.790. The van der Waals surface area contributed by atoms with Gasteiger partial charge in [0.05, 0.1) is 0 Å². The van der Waals surface area contributed by atoms with Crippen LogP contribution < -0.4 is 5.73 Å². The summed E-state index contributed by atoms with van der Waals surface area (Å²) in [5, 5.41) is 0. The number of nitrogens with two attached hydrogens (primary N) is 1. The van der Waals surface area contributed by atoms with Crippen LogP contribution >= 0.6 is 0 Å². The molecule has 3 fully saturated rings. The molecule has 86 valence electrons. The molecule has 0 radical (unpaired) electrons. The fraction of sp³-hybridized carbons (Fsp3) is 0.786. The Morgan fingerprint density at radius 2 is 1.75 bits per heavy atom. The lowest BCUT2D eigenvalue weighted by molar-refractivity contribution is -0.126. The van der Waals surface area contributed by atoms with E-state index in [0.29, 0.717) is 11.8 Å². The summed E-state index contributed by atoms with van der Waals surface area (Å²) in [6, 6.07) is 0. The Morgan fingerprint density at radius 3 is 2.38 bits per heavy atom. The van der Waals surface area contributed by atoms with E-state index in [-0.39, 0.29) is 11.8 Å². The molecule has 0 spiro atoms. The first-order chi connectivity index (χ1) is 7.68. The lowest BCUT2D eigenvalue weighted by Crippen LogP contribution is -2.41. The summed E-state index contributed by atoms with van der Waals surface area (Å²) >= 11 is 0. The second-order valence-electron chi connectivity index (χ2n) is 6.45. The van der Waals surface area contributed by atoms with Gasteiger partial charge in [-0.15, -0.1) is 0 Å². The van der Waals surface area contributed by atoms with E-state index in [0.717, 1.165) is 29.6 Å². The van der Waals surface area contributed by atoms with Crippen LogP contribution in [0, 0.1) is 47.3 Å². The van der Waals surface area contributed by atoms with Gasteiger partial charge in [-0.1, -0.05) is 19.1 Å². The molecule has 4 aliphatic rings. The topological polar surface area (TPSA) is 43.1 Å². The highest BCUT2D eigenvalue weighted by Crippen LogP contribution is 2.68. The first kappa shape index (κ1) is 9.26. The minimum atomic E-state index is -0.0368. The maximum atomic E-state index is 11.6. The van der Waals surface area contributed by atoms with Gasteiger partial charge in [0.2, 0.25) is 5.91 Å². The van der Waals surface area contributed by atoms with E-state index < -0.39 is 0 Å². The maximum absolute atomic E-state index is 11.6. The van der Waals surface area contributed by atoms with Crippen LogP contribution in [0.15, 0.2) is 12.2 Å². The number of primary amides is 1. The van der Waals surface area contributed by atoms with Gasteiger partial charge in [-0.25, -0.2) is 0 Å². The molecule has 16 heavy (non-hydrogen) atoms. The first-order valence-corrected chi connectivity index (χ1v) is 6.66. The molecule has 4 aliphatic carbocycles. The zero-order valence-electron chi connectivity index (χ0n) is 9.67. The minimum Gasteiger partial charge on any atom is -0.369 e. The van der Waals surface area contributed by atoms with Crippen LogP contribution in [0.25, 0.3) is 0 Å². The van der Waals surface area contributed by atoms with Crippen molar-refractivity contribution in [1.29, 1.82) is 0 Å². The van der Waals surface area contributed by atoms with E-state index in [9.17, 15) is 4.79 Å². The average Bonchev–Trinajstić information content (AvgIpc) is 2.92. The van der Waals surface area contributed by atoms with Crippen LogP contribution in [0.5, 0.6) is 0 Å². The molecular weight excluding hydrogens is 198 g/mol. The molecule has 2 nitrogen and oxygen atoms in total. The zero-order chi connectivity index (χ0) is 11.0. The number of hydrogen-bond donors (Lipinski definition) is 1. The van der Waals surface area contributed by atoms with Gasteiger partial charge >= 0.3 is 0 Å². The summed E-state index contributed by atoms with van der Waals surface area (Å²) in [6.07, 6.45) is 7.49. The third-order valence-corrected chi connectivity index (χ3v) is 6.15. The average molecular weight is 217 g/mol. The van der Waals surface area contributed by atoms with E-state index in [4.69, 9.17) is 5.73 Å². The van der Waals surface area contributed by atoms with Crippen LogP contribution in [0.2, 0.25) is 0 Å². The summed E-state index contributed by atoms with van der Waals surface area (Å²) in [5.41, 5.74) is 5.60. The molecule has 3 saturated carbocycles. The van der Waals surface area contributed by atoms with Gasteiger partial charge in [0, 0.05) is 5.92 Å². The van der Waals surface area contributed by atoms with Crippen molar-refractivity contribution in [3.63, 3.8) is 0 Å². The molecule has 1 amide bonds. The molecule has 0 aromatic heterocycles. The van der Waals surface area contributed by atoms with Crippen molar-refractivity contribution in [3.8, 4) is 0 Å². The molecule has 8 unspecified atom stereocenters. The molecule has 2 heteroatoms. The summed E-state index contributed by atoms with van der Waals surface area (Å²) < 4.78 is 0. The van der Waals surface area contributed by atoms with Crippen LogP contribution in [0.4, 0.5) is 0 Å². The first-order valence-electron chi connectivity index (χ1n) is 6.66. The van der Waals surface area contributed by atoms with Crippen LogP contribution in [-0.2, 0) is 4.79 Å². The lowest BCUT2D eigenvalue weighted by atomic mass is 9.65. The Bertz CT molecular complexity index is 388. The Morgan fingerprint density at radius 1 is 1.12 bits per heavy atom. The molecule has 4 rings (SSSR count). The molecule has 2 N–H and O–H groups in total. The van der Waals surface area contributed by atoms with E-state index in [2.05, 4.69) is 19.1 Å². The minimum absolute atomic E-state index is 0.0368. The molecule has 0 aromatic rings. The number of fused-ring (bicyclic) bond motifs is 9. The summed E-state index contributed by atoms with van der Waals surface area (Å²) in [6.45, 7) is 2.26. The molecule has 0 saturated heterocycles. The predicted molar refractivity (Wildman–Crippen MR) is 61.2 cm³/mol. The Kier molecular flexibility index (Phi) is 1.57. The third kappa shape index (κ3) is 0.847. The number of amides is 1. The monoisotopic (exact) mass is 217 g/mol. The van der Waals surface area contributed by atoms with Crippen molar-refractivity contribution in [2.75, 3.05) is 0 Å². The smallest absolute Gasteiger partial charge is 0.221 e. The van der Waals surface area contributed by atoms with Crippen molar-refractivity contribution in [2.45, 2.75) is 19.8 Å². The Labute approximate surface area is 96.3 Å². The molecule has 0 aromatic carbocycles. The van der Waals surface area contributed by atoms with Crippen LogP contribution in [0.1, 0.15) is 19.8 Å². The zero-order valence-corrected chi connectivity index (χ0v) is 9.67. The van der Waals surface area contributed by atoms with E-state index in [1.165, 1.54) is 12.8 Å². The van der Waals surface area contributed by atoms with Gasteiger partial charge in [-0.2, -0.15) is 0 Å². The highest BCUT2D eigenvalue weighted by molar-refractivity contribution is 5.78. The van der Waals surface area contributed by atoms with E-state index in [1.54, 1.807) is 0 Å². The highest BCUT2D eigenvalue weighted by Gasteiger charge is 2.64. The number of carbonyl (C=O) groups excluding carboxylic acids is 1. The highest BCUT2D eigenvalue weighted by atomic mass is 16.1. The summed E-state index contributed by atoms with van der Waals surface area (Å²) in [4.78, 5) is 11.6. The van der Waals surface area contributed by atoms with Crippen molar-refractivity contribution in [1.82, 2.24) is 0 Å². The number of allylic oxidation sites excluding steroid dienone is 2. The van der Waals surface area contributed by atoms with Gasteiger partial charge in [0.25, 0.3) is 0 Å². The lowest BCUT2D eigenvalue weighted by Gasteiger charge is -2.39. The summed E-state index contributed by atoms with van der Waals surface area (Å²) in [5.74, 6) is 5.38. The SMILES string of the molecule is CC1C2CC(C1C(N)=O)C1C3C=CC(C3)C21. The van der Waals surface area contributed by atoms with Crippen molar-refractivity contribution >= 4 is 5.91 Å². The number of hydrogen-bond acceptors (Lipinski definition) is 1. The van der Waals surface area contributed by atoms with Gasteiger partial charge in [0.1, 0.15) is 0 Å². The van der Waals surface area contributed by atoms with E-state index >= 15 is 0 Å². The third-order valence-electron chi connectivity index (χ3n) is 6.15. The van der Waals surface area contributed by atoms with Gasteiger partial charge in [0.15, 0.2) is 0 Å². The Balaban J connectivity index is 1.74.